The molecule has 92 valence electrons. The summed E-state index contributed by atoms with van der Waals surface area (Å²) >= 11 is 0. The van der Waals surface area contributed by atoms with Crippen molar-refractivity contribution in [1.29, 1.82) is 0 Å². The fourth-order valence-corrected chi connectivity index (χ4v) is 2.40. The lowest BCUT2D eigenvalue weighted by molar-refractivity contribution is -0.133. The SMILES string of the molecule is O=C1CC(=O)[C@@H](n2cncn2)[C@@H](c2ccco2)C1. The van der Waals surface area contributed by atoms with Crippen LogP contribution >= 0.6 is 0 Å². The second-order valence-corrected chi connectivity index (χ2v) is 4.33. The maximum atomic E-state index is 12.1. The molecule has 6 nitrogen and oxygen atoms in total. The maximum Gasteiger partial charge on any atom is 0.165 e. The molecule has 2 aromatic heterocycles. The Bertz CT molecular complexity index is 559. The molecule has 6 heteroatoms. The summed E-state index contributed by atoms with van der Waals surface area (Å²) in [5.74, 6) is 0.142. The minimum Gasteiger partial charge on any atom is -0.469 e. The Kier molecular flexibility index (Phi) is 2.55. The van der Waals surface area contributed by atoms with Crippen molar-refractivity contribution in [1.82, 2.24) is 14.8 Å². The van der Waals surface area contributed by atoms with Gasteiger partial charge in [-0.2, -0.15) is 5.10 Å². The van der Waals surface area contributed by atoms with E-state index in [-0.39, 0.29) is 23.9 Å². The number of aromatic nitrogens is 3. The first-order valence-corrected chi connectivity index (χ1v) is 5.67. The standard InChI is InChI=1S/C12H11N3O3/c16-8-4-9(11-2-1-3-18-11)12(10(17)5-8)15-7-13-6-14-15/h1-3,6-7,9,12H,4-5H2/t9-,12+/m1/s1. The molecular weight excluding hydrogens is 234 g/mol. The first-order chi connectivity index (χ1) is 8.75. The van der Waals surface area contributed by atoms with Gasteiger partial charge in [0.15, 0.2) is 5.78 Å². The lowest BCUT2D eigenvalue weighted by Crippen LogP contribution is -2.34. The van der Waals surface area contributed by atoms with Gasteiger partial charge >= 0.3 is 0 Å². The fraction of sp³-hybridized carbons (Fsp3) is 0.333. The zero-order chi connectivity index (χ0) is 12.5. The third kappa shape index (κ3) is 1.75. The maximum absolute atomic E-state index is 12.1. The Morgan fingerprint density at radius 1 is 1.39 bits per heavy atom. The van der Waals surface area contributed by atoms with Gasteiger partial charge in [0.05, 0.1) is 18.6 Å². The molecule has 0 saturated heterocycles. The summed E-state index contributed by atoms with van der Waals surface area (Å²) in [5.41, 5.74) is 0. The quantitative estimate of drug-likeness (QED) is 0.741. The second-order valence-electron chi connectivity index (χ2n) is 4.33. The van der Waals surface area contributed by atoms with E-state index >= 15 is 0 Å². The molecule has 0 N–H and O–H groups in total. The van der Waals surface area contributed by atoms with E-state index in [4.69, 9.17) is 4.42 Å². The van der Waals surface area contributed by atoms with Crippen LogP contribution in [0.1, 0.15) is 30.6 Å². The Balaban J connectivity index is 2.01. The highest BCUT2D eigenvalue weighted by Gasteiger charge is 2.40. The van der Waals surface area contributed by atoms with Crippen LogP contribution in [0.5, 0.6) is 0 Å². The van der Waals surface area contributed by atoms with E-state index < -0.39 is 6.04 Å². The molecule has 0 unspecified atom stereocenters. The predicted octanol–water partition coefficient (Wildman–Crippen LogP) is 1.13. The molecule has 0 bridgehead atoms. The summed E-state index contributed by atoms with van der Waals surface area (Å²) in [5, 5.41) is 4.01. The molecule has 1 aliphatic carbocycles. The molecule has 1 saturated carbocycles. The lowest BCUT2D eigenvalue weighted by Gasteiger charge is -2.27. The largest absolute Gasteiger partial charge is 0.469 e. The van der Waals surface area contributed by atoms with Crippen LogP contribution in [0, 0.1) is 0 Å². The Morgan fingerprint density at radius 2 is 2.28 bits per heavy atom. The van der Waals surface area contributed by atoms with Crippen LogP contribution in [0.3, 0.4) is 0 Å². The summed E-state index contributed by atoms with van der Waals surface area (Å²) in [4.78, 5) is 27.5. The minimum absolute atomic E-state index is 0.0399. The van der Waals surface area contributed by atoms with E-state index in [1.54, 1.807) is 12.1 Å². The van der Waals surface area contributed by atoms with Crippen LogP contribution in [0.2, 0.25) is 0 Å². The van der Waals surface area contributed by atoms with E-state index in [2.05, 4.69) is 10.1 Å². The molecule has 0 aromatic carbocycles. The number of rotatable bonds is 2. The molecule has 0 aliphatic heterocycles. The van der Waals surface area contributed by atoms with E-state index in [9.17, 15) is 9.59 Å². The summed E-state index contributed by atoms with van der Waals surface area (Å²) in [6.45, 7) is 0. The molecule has 3 rings (SSSR count). The van der Waals surface area contributed by atoms with Crippen molar-refractivity contribution in [3.63, 3.8) is 0 Å². The number of hydrogen-bond acceptors (Lipinski definition) is 5. The average Bonchev–Trinajstić information content (AvgIpc) is 3.01. The second kappa shape index (κ2) is 4.21. The van der Waals surface area contributed by atoms with Crippen LogP contribution in [0.15, 0.2) is 35.5 Å². The first-order valence-electron chi connectivity index (χ1n) is 5.67. The number of furan rings is 1. The molecule has 0 spiro atoms. The summed E-state index contributed by atoms with van der Waals surface area (Å²) in [7, 11) is 0. The van der Waals surface area contributed by atoms with Crippen LogP contribution in [-0.2, 0) is 9.59 Å². The van der Waals surface area contributed by atoms with Gasteiger partial charge in [-0.1, -0.05) is 0 Å². The summed E-state index contributed by atoms with van der Waals surface area (Å²) < 4.78 is 6.83. The Labute approximate surface area is 103 Å². The van der Waals surface area contributed by atoms with Crippen molar-refractivity contribution in [3.8, 4) is 0 Å². The molecule has 2 aromatic rings. The van der Waals surface area contributed by atoms with Crippen molar-refractivity contribution >= 4 is 11.6 Å². The molecule has 18 heavy (non-hydrogen) atoms. The van der Waals surface area contributed by atoms with Gasteiger partial charge in [-0.15, -0.1) is 0 Å². The third-order valence-electron chi connectivity index (χ3n) is 3.16. The van der Waals surface area contributed by atoms with Gasteiger partial charge in [0.2, 0.25) is 0 Å². The molecule has 2 heterocycles. The summed E-state index contributed by atoms with van der Waals surface area (Å²) in [6.07, 6.45) is 4.67. The van der Waals surface area contributed by atoms with Crippen molar-refractivity contribution in [2.24, 2.45) is 0 Å². The van der Waals surface area contributed by atoms with E-state index in [0.29, 0.717) is 12.2 Å². The molecule has 1 fully saturated rings. The highest BCUT2D eigenvalue weighted by molar-refractivity contribution is 6.04. The van der Waals surface area contributed by atoms with Gasteiger partial charge < -0.3 is 4.42 Å². The Morgan fingerprint density at radius 3 is 2.94 bits per heavy atom. The number of ketones is 2. The smallest absolute Gasteiger partial charge is 0.165 e. The number of carbonyl (C=O) groups is 2. The van der Waals surface area contributed by atoms with Gasteiger partial charge in [0.25, 0.3) is 0 Å². The molecule has 0 amide bonds. The normalized spacial score (nSPS) is 24.4. The number of hydrogen-bond donors (Lipinski definition) is 0. The highest BCUT2D eigenvalue weighted by atomic mass is 16.3. The van der Waals surface area contributed by atoms with Crippen LogP contribution in [0.4, 0.5) is 0 Å². The van der Waals surface area contributed by atoms with Crippen LogP contribution in [-0.4, -0.2) is 26.3 Å². The third-order valence-corrected chi connectivity index (χ3v) is 3.16. The zero-order valence-corrected chi connectivity index (χ0v) is 9.52. The van der Waals surface area contributed by atoms with Crippen molar-refractivity contribution < 1.29 is 14.0 Å². The molecule has 1 aliphatic rings. The fourth-order valence-electron chi connectivity index (χ4n) is 2.40. The Hall–Kier alpha value is -2.24. The van der Waals surface area contributed by atoms with Gasteiger partial charge in [-0.25, -0.2) is 9.67 Å². The number of carbonyl (C=O) groups excluding carboxylic acids is 2. The monoisotopic (exact) mass is 245 g/mol. The van der Waals surface area contributed by atoms with E-state index in [1.165, 1.54) is 23.6 Å². The van der Waals surface area contributed by atoms with Crippen LogP contribution < -0.4 is 0 Å². The van der Waals surface area contributed by atoms with Gasteiger partial charge in [0.1, 0.15) is 30.2 Å². The zero-order valence-electron chi connectivity index (χ0n) is 9.52. The first kappa shape index (κ1) is 10.9. The minimum atomic E-state index is -0.503. The lowest BCUT2D eigenvalue weighted by atomic mass is 9.81. The van der Waals surface area contributed by atoms with Crippen molar-refractivity contribution in [3.05, 3.63) is 36.8 Å². The van der Waals surface area contributed by atoms with Gasteiger partial charge in [-0.3, -0.25) is 9.59 Å². The summed E-state index contributed by atoms with van der Waals surface area (Å²) in [6, 6.07) is 3.02. The number of nitrogens with zero attached hydrogens (tertiary/aromatic N) is 3. The van der Waals surface area contributed by atoms with Gasteiger partial charge in [0, 0.05) is 6.42 Å². The van der Waals surface area contributed by atoms with E-state index in [0.717, 1.165) is 0 Å². The highest BCUT2D eigenvalue weighted by Crippen LogP contribution is 2.37. The van der Waals surface area contributed by atoms with Crippen LogP contribution in [0.25, 0.3) is 0 Å². The molecule has 2 atom stereocenters. The van der Waals surface area contributed by atoms with E-state index in [1.807, 2.05) is 0 Å². The molecular formula is C12H11N3O3. The van der Waals surface area contributed by atoms with Gasteiger partial charge in [-0.05, 0) is 12.1 Å². The average molecular weight is 245 g/mol. The molecule has 0 radical (unpaired) electrons. The van der Waals surface area contributed by atoms with Crippen molar-refractivity contribution in [2.45, 2.75) is 24.8 Å². The predicted molar refractivity (Wildman–Crippen MR) is 59.8 cm³/mol. The number of Topliss-reactive ketones (excluding diaryl/α,β-unsaturated/α-hetero) is 2. The topological polar surface area (TPSA) is 78.0 Å². The van der Waals surface area contributed by atoms with Crippen molar-refractivity contribution in [2.75, 3.05) is 0 Å².